The molecule has 1 aromatic heterocycles. The molecule has 2 aliphatic heterocycles. The van der Waals surface area contributed by atoms with Crippen LogP contribution < -0.4 is 10.2 Å². The van der Waals surface area contributed by atoms with Crippen molar-refractivity contribution < 1.29 is 18.7 Å². The number of amides is 1. The van der Waals surface area contributed by atoms with Gasteiger partial charge in [-0.3, -0.25) is 4.79 Å². The molecule has 2 saturated heterocycles. The lowest BCUT2D eigenvalue weighted by Crippen LogP contribution is -2.40. The van der Waals surface area contributed by atoms with E-state index in [1.165, 1.54) is 12.3 Å². The molecular formula is C21H24ClFN4O3. The number of hydrogen-bond donors (Lipinski definition) is 1. The average Bonchev–Trinajstić information content (AvgIpc) is 2.79. The van der Waals surface area contributed by atoms with Gasteiger partial charge in [-0.25, -0.2) is 9.37 Å². The van der Waals surface area contributed by atoms with Crippen molar-refractivity contribution >= 4 is 29.0 Å². The van der Waals surface area contributed by atoms with Crippen LogP contribution in [0.2, 0.25) is 5.02 Å². The summed E-state index contributed by atoms with van der Waals surface area (Å²) in [6.45, 7) is 5.14. The lowest BCUT2D eigenvalue weighted by molar-refractivity contribution is 0.0302. The maximum atomic E-state index is 14.6. The molecule has 0 atom stereocenters. The van der Waals surface area contributed by atoms with E-state index in [-0.39, 0.29) is 11.7 Å². The number of nitrogens with zero attached hydrogens (tertiary/aromatic N) is 3. The molecule has 0 unspecified atom stereocenters. The van der Waals surface area contributed by atoms with Crippen molar-refractivity contribution in [2.24, 2.45) is 0 Å². The van der Waals surface area contributed by atoms with E-state index in [0.29, 0.717) is 81.2 Å². The Kier molecular flexibility index (Phi) is 6.66. The summed E-state index contributed by atoms with van der Waals surface area (Å²) in [4.78, 5) is 20.5. The van der Waals surface area contributed by atoms with Crippen LogP contribution in [0.3, 0.4) is 0 Å². The second-order valence-corrected chi connectivity index (χ2v) is 7.60. The molecular weight excluding hydrogens is 411 g/mol. The Bertz CT molecular complexity index is 902. The zero-order valence-electron chi connectivity index (χ0n) is 16.6. The van der Waals surface area contributed by atoms with Gasteiger partial charge in [-0.15, -0.1) is 0 Å². The highest BCUT2D eigenvalue weighted by molar-refractivity contribution is 6.33. The molecule has 7 nitrogen and oxygen atoms in total. The highest BCUT2D eigenvalue weighted by atomic mass is 35.5. The van der Waals surface area contributed by atoms with Gasteiger partial charge in [0, 0.05) is 38.9 Å². The van der Waals surface area contributed by atoms with Gasteiger partial charge >= 0.3 is 0 Å². The second-order valence-electron chi connectivity index (χ2n) is 7.20. The fraction of sp³-hybridized carbons (Fsp3) is 0.429. The van der Waals surface area contributed by atoms with Crippen LogP contribution >= 0.6 is 11.6 Å². The molecule has 0 radical (unpaired) electrons. The third-order valence-corrected chi connectivity index (χ3v) is 5.50. The highest BCUT2D eigenvalue weighted by Gasteiger charge is 2.20. The molecule has 1 N–H and O–H groups in total. The monoisotopic (exact) mass is 434 g/mol. The molecule has 0 spiro atoms. The molecule has 0 bridgehead atoms. The average molecular weight is 435 g/mol. The Morgan fingerprint density at radius 2 is 1.80 bits per heavy atom. The number of hydrogen-bond acceptors (Lipinski definition) is 6. The van der Waals surface area contributed by atoms with E-state index >= 15 is 0 Å². The molecule has 1 aromatic carbocycles. The summed E-state index contributed by atoms with van der Waals surface area (Å²) in [7, 11) is 0. The van der Waals surface area contributed by atoms with E-state index < -0.39 is 0 Å². The predicted molar refractivity (Wildman–Crippen MR) is 113 cm³/mol. The number of aromatic nitrogens is 1. The number of halogens is 2. The van der Waals surface area contributed by atoms with Gasteiger partial charge in [0.25, 0.3) is 5.91 Å². The predicted octanol–water partition coefficient (Wildman–Crippen LogP) is 2.80. The van der Waals surface area contributed by atoms with Crippen LogP contribution in [0.25, 0.3) is 0 Å². The van der Waals surface area contributed by atoms with Gasteiger partial charge in [0.2, 0.25) is 0 Å². The second kappa shape index (κ2) is 9.59. The summed E-state index contributed by atoms with van der Waals surface area (Å²) in [5.41, 5.74) is 1.80. The molecule has 2 fully saturated rings. The Hall–Kier alpha value is -2.42. The molecule has 2 aliphatic rings. The lowest BCUT2D eigenvalue weighted by atomic mass is 10.1. The van der Waals surface area contributed by atoms with Gasteiger partial charge in [0.1, 0.15) is 11.6 Å². The minimum Gasteiger partial charge on any atom is -0.378 e. The molecule has 1 amide bonds. The van der Waals surface area contributed by atoms with Crippen molar-refractivity contribution in [1.29, 1.82) is 0 Å². The van der Waals surface area contributed by atoms with Crippen LogP contribution in [0.4, 0.5) is 15.9 Å². The minimum absolute atomic E-state index is 0.111. The van der Waals surface area contributed by atoms with E-state index in [2.05, 4.69) is 10.3 Å². The first kappa shape index (κ1) is 20.8. The number of carbonyl (C=O) groups excluding carboxylic acids is 1. The van der Waals surface area contributed by atoms with Crippen molar-refractivity contribution in [2.45, 2.75) is 6.54 Å². The van der Waals surface area contributed by atoms with Crippen molar-refractivity contribution in [2.75, 3.05) is 62.8 Å². The first-order valence-electron chi connectivity index (χ1n) is 9.99. The van der Waals surface area contributed by atoms with E-state index in [4.69, 9.17) is 21.1 Å². The molecule has 9 heteroatoms. The van der Waals surface area contributed by atoms with E-state index in [1.54, 1.807) is 17.0 Å². The topological polar surface area (TPSA) is 66.9 Å². The normalized spacial score (nSPS) is 17.1. The third-order valence-electron chi connectivity index (χ3n) is 5.21. The van der Waals surface area contributed by atoms with Crippen LogP contribution in [0, 0.1) is 5.82 Å². The standard InChI is InChI=1S/C21H24ClFN4O3/c22-17-12-16(21(28)27-5-9-30-10-6-27)14-25-20(17)24-13-15-1-2-19(18(23)11-15)26-3-7-29-8-4-26/h1-2,11-12,14H,3-10,13H2,(H,24,25). The molecule has 0 saturated carbocycles. The minimum atomic E-state index is -0.262. The number of nitrogens with one attached hydrogen (secondary N) is 1. The number of benzene rings is 1. The number of carbonyl (C=O) groups is 1. The fourth-order valence-electron chi connectivity index (χ4n) is 3.54. The number of rotatable bonds is 5. The van der Waals surface area contributed by atoms with Gasteiger partial charge < -0.3 is 24.6 Å². The first-order valence-corrected chi connectivity index (χ1v) is 10.4. The summed E-state index contributed by atoms with van der Waals surface area (Å²) in [5, 5.41) is 3.46. The highest BCUT2D eigenvalue weighted by Crippen LogP contribution is 2.24. The third kappa shape index (κ3) is 4.83. The van der Waals surface area contributed by atoms with Crippen LogP contribution in [-0.2, 0) is 16.0 Å². The van der Waals surface area contributed by atoms with Crippen LogP contribution in [0.5, 0.6) is 0 Å². The summed E-state index contributed by atoms with van der Waals surface area (Å²) in [6.07, 6.45) is 1.51. The zero-order chi connectivity index (χ0) is 20.9. The van der Waals surface area contributed by atoms with Gasteiger partial charge in [-0.2, -0.15) is 0 Å². The van der Waals surface area contributed by atoms with Gasteiger partial charge in [0.05, 0.1) is 42.7 Å². The number of morpholine rings is 2. The van der Waals surface area contributed by atoms with Gasteiger partial charge in [-0.1, -0.05) is 17.7 Å². The maximum absolute atomic E-state index is 14.6. The fourth-order valence-corrected chi connectivity index (χ4v) is 3.77. The van der Waals surface area contributed by atoms with E-state index in [9.17, 15) is 9.18 Å². The Labute approximate surface area is 179 Å². The van der Waals surface area contributed by atoms with Gasteiger partial charge in [0.15, 0.2) is 0 Å². The van der Waals surface area contributed by atoms with Crippen molar-refractivity contribution in [3.63, 3.8) is 0 Å². The number of anilines is 2. The summed E-state index contributed by atoms with van der Waals surface area (Å²) in [5.74, 6) is 0.0783. The van der Waals surface area contributed by atoms with E-state index in [0.717, 1.165) is 5.56 Å². The van der Waals surface area contributed by atoms with Crippen molar-refractivity contribution in [3.05, 3.63) is 52.4 Å². The summed E-state index contributed by atoms with van der Waals surface area (Å²) >= 11 is 6.32. The van der Waals surface area contributed by atoms with Crippen molar-refractivity contribution in [3.8, 4) is 0 Å². The summed E-state index contributed by atoms with van der Waals surface area (Å²) in [6, 6.07) is 6.79. The smallest absolute Gasteiger partial charge is 0.255 e. The van der Waals surface area contributed by atoms with E-state index in [1.807, 2.05) is 11.0 Å². The first-order chi connectivity index (χ1) is 14.6. The quantitative estimate of drug-likeness (QED) is 0.780. The number of ether oxygens (including phenoxy) is 2. The van der Waals surface area contributed by atoms with Gasteiger partial charge in [-0.05, 0) is 23.8 Å². The van der Waals surface area contributed by atoms with Crippen LogP contribution in [-0.4, -0.2) is 68.4 Å². The molecule has 160 valence electrons. The van der Waals surface area contributed by atoms with Crippen LogP contribution in [0.1, 0.15) is 15.9 Å². The van der Waals surface area contributed by atoms with Crippen molar-refractivity contribution in [1.82, 2.24) is 9.88 Å². The molecule has 2 aromatic rings. The molecule has 30 heavy (non-hydrogen) atoms. The SMILES string of the molecule is O=C(c1cnc(NCc2ccc(N3CCOCC3)c(F)c2)c(Cl)c1)N1CCOCC1. The Balaban J connectivity index is 1.38. The maximum Gasteiger partial charge on any atom is 0.255 e. The Morgan fingerprint density at radius 1 is 1.10 bits per heavy atom. The molecule has 0 aliphatic carbocycles. The zero-order valence-corrected chi connectivity index (χ0v) is 17.3. The summed E-state index contributed by atoms with van der Waals surface area (Å²) < 4.78 is 25.1. The number of pyridine rings is 1. The largest absolute Gasteiger partial charge is 0.378 e. The molecule has 4 rings (SSSR count). The molecule has 3 heterocycles. The Morgan fingerprint density at radius 3 is 2.47 bits per heavy atom. The lowest BCUT2D eigenvalue weighted by Gasteiger charge is -2.29. The van der Waals surface area contributed by atoms with Crippen LogP contribution in [0.15, 0.2) is 30.5 Å².